The monoisotopic (exact) mass is 1340 g/mol. The Morgan fingerprint density at radius 2 is 0.495 bits per heavy atom. The van der Waals surface area contributed by atoms with E-state index < -0.39 is 0 Å². The number of nitrogens with zero attached hydrogens (tertiary/aromatic N) is 1. The lowest BCUT2D eigenvalue weighted by Crippen LogP contribution is -2.25. The molecule has 0 aromatic heterocycles. The largest absolute Gasteiger partial charge is 0.494 e. The highest BCUT2D eigenvalue weighted by Crippen LogP contribution is 2.51. The number of carbonyl (C=O) groups excluding carboxylic acids is 2. The fourth-order valence-electron chi connectivity index (χ4n) is 13.3. The lowest BCUT2D eigenvalue weighted by atomic mass is 9.82. The predicted molar refractivity (Wildman–Crippen MR) is 405 cm³/mol. The maximum absolute atomic E-state index is 15.9. The van der Waals surface area contributed by atoms with Crippen molar-refractivity contribution < 1.29 is 42.7 Å². The normalized spacial score (nSPS) is 11.8. The summed E-state index contributed by atoms with van der Waals surface area (Å²) in [4.78, 5) is 31.8. The molecule has 1 aliphatic rings. The van der Waals surface area contributed by atoms with Crippen molar-refractivity contribution >= 4 is 11.6 Å². The molecule has 0 saturated heterocycles. The number of rotatable bonds is 64. The summed E-state index contributed by atoms with van der Waals surface area (Å²) in [5, 5.41) is 9.17. The number of hydrogen-bond donors (Lipinski definition) is 0. The van der Waals surface area contributed by atoms with Crippen LogP contribution in [0.5, 0.6) is 40.2 Å². The number of carbonyl (C=O) groups is 2. The summed E-state index contributed by atoms with van der Waals surface area (Å²) in [5.74, 6) is 2.72. The molecule has 97 heavy (non-hydrogen) atoms. The fourth-order valence-corrected chi connectivity index (χ4v) is 13.3. The second-order valence-electron chi connectivity index (χ2n) is 27.9. The molecule has 1 aliphatic carbocycles. The molecule has 4 aromatic carbocycles. The van der Waals surface area contributed by atoms with E-state index in [1.54, 1.807) is 12.1 Å². The van der Waals surface area contributed by atoms with Gasteiger partial charge in [0.1, 0.15) is 5.75 Å². The molecule has 4 aromatic rings. The molecule has 0 fully saturated rings. The third-order valence-corrected chi connectivity index (χ3v) is 19.3. The summed E-state index contributed by atoms with van der Waals surface area (Å²) in [6.45, 7) is 14.6. The highest BCUT2D eigenvalue weighted by Gasteiger charge is 2.41. The van der Waals surface area contributed by atoms with Crippen LogP contribution in [0.1, 0.15) is 380 Å². The van der Waals surface area contributed by atoms with Gasteiger partial charge in [-0.15, -0.1) is 0 Å². The Labute approximate surface area is 591 Å². The molecule has 10 nitrogen and oxygen atoms in total. The Balaban J connectivity index is 1.40. The molecule has 0 amide bonds. The zero-order chi connectivity index (χ0) is 68.9. The molecule has 0 bridgehead atoms. The van der Waals surface area contributed by atoms with E-state index in [0.717, 1.165) is 165 Å². The van der Waals surface area contributed by atoms with Crippen LogP contribution < -0.4 is 33.2 Å². The fraction of sp³-hybridized carbons (Fsp3) is 0.690. The Morgan fingerprint density at radius 3 is 0.763 bits per heavy atom. The molecule has 5 rings (SSSR count). The number of hydrogen-bond acceptors (Lipinski definition) is 10. The van der Waals surface area contributed by atoms with Gasteiger partial charge in [-0.05, 0) is 92.5 Å². The van der Waals surface area contributed by atoms with Gasteiger partial charge in [0, 0.05) is 11.1 Å². The van der Waals surface area contributed by atoms with Crippen LogP contribution in [0.25, 0.3) is 11.1 Å². The predicted octanol–water partition coefficient (Wildman–Crippen LogP) is 26.2. The van der Waals surface area contributed by atoms with Crippen molar-refractivity contribution in [3.05, 3.63) is 88.5 Å². The summed E-state index contributed by atoms with van der Waals surface area (Å²) in [5.41, 5.74) is 3.85. The lowest BCUT2D eigenvalue weighted by molar-refractivity contribution is 0.0968. The van der Waals surface area contributed by atoms with Crippen LogP contribution in [-0.2, 0) is 0 Å². The van der Waals surface area contributed by atoms with Crippen molar-refractivity contribution in [1.29, 1.82) is 5.26 Å². The van der Waals surface area contributed by atoms with Gasteiger partial charge in [-0.2, -0.15) is 5.26 Å². The number of nitriles is 1. The summed E-state index contributed by atoms with van der Waals surface area (Å²) < 4.78 is 47.3. The van der Waals surface area contributed by atoms with Gasteiger partial charge in [-0.25, -0.2) is 0 Å². The number of benzene rings is 4. The molecule has 0 unspecified atom stereocenters. The first-order valence-electron chi connectivity index (χ1n) is 40.4. The smallest absolute Gasteiger partial charge is 0.204 e. The average Bonchev–Trinajstić information content (AvgIpc) is 0.725. The first kappa shape index (κ1) is 82.0. The topological polar surface area (TPSA) is 123 Å². The Bertz CT molecular complexity index is 2710. The summed E-state index contributed by atoms with van der Waals surface area (Å²) in [6, 6.07) is 21.6. The third kappa shape index (κ3) is 32.9. The standard InChI is InChI=1S/C87H135NO9/c1-6-11-16-21-26-33-41-48-63-92-78-69-76-80(86(96-67-52-45-37-30-25-20-15-10-5)84(78)94-65-50-43-35-28-23-18-13-8-3)82(89)77-70-79(93-64-49-42-34-27-22-17-12-7-2)85(95-66-51-44-36-29-24-19-14-9-4)87(81(77)83(76)90)97-68-53-46-39-32-31-38-40-47-62-91-75-60-58-74(59-61-75)73-56-54-72(71-88)55-57-73/h54-61,69-70H,6-53,62-68H2,1-5H3. The van der Waals surface area contributed by atoms with E-state index in [1.165, 1.54) is 161 Å². The molecule has 0 heterocycles. The van der Waals surface area contributed by atoms with Gasteiger partial charge in [0.05, 0.1) is 69.0 Å². The zero-order valence-electron chi connectivity index (χ0n) is 62.3. The molecule has 0 aliphatic heterocycles. The maximum atomic E-state index is 15.9. The van der Waals surface area contributed by atoms with Crippen LogP contribution in [0.4, 0.5) is 0 Å². The van der Waals surface area contributed by atoms with Gasteiger partial charge >= 0.3 is 0 Å². The Morgan fingerprint density at radius 1 is 0.268 bits per heavy atom. The van der Waals surface area contributed by atoms with Gasteiger partial charge in [0.15, 0.2) is 34.6 Å². The minimum Gasteiger partial charge on any atom is -0.494 e. The van der Waals surface area contributed by atoms with Crippen LogP contribution in [0.3, 0.4) is 0 Å². The van der Waals surface area contributed by atoms with E-state index in [0.29, 0.717) is 86.3 Å². The minimum atomic E-state index is -0.294. The minimum absolute atomic E-state index is 0.239. The van der Waals surface area contributed by atoms with E-state index in [9.17, 15) is 5.26 Å². The summed E-state index contributed by atoms with van der Waals surface area (Å²) in [6.07, 6.45) is 55.0. The van der Waals surface area contributed by atoms with E-state index in [-0.39, 0.29) is 33.8 Å². The maximum Gasteiger partial charge on any atom is 0.204 e. The van der Waals surface area contributed by atoms with E-state index in [1.807, 2.05) is 36.4 Å². The van der Waals surface area contributed by atoms with Gasteiger partial charge in [-0.3, -0.25) is 9.59 Å². The quantitative estimate of drug-likeness (QED) is 0.0348. The van der Waals surface area contributed by atoms with Crippen molar-refractivity contribution in [2.75, 3.05) is 46.2 Å². The van der Waals surface area contributed by atoms with Gasteiger partial charge in [0.2, 0.25) is 11.5 Å². The third-order valence-electron chi connectivity index (χ3n) is 19.3. The molecule has 0 saturated carbocycles. The molecule has 10 heteroatoms. The number of fused-ring (bicyclic) bond motifs is 2. The van der Waals surface area contributed by atoms with Crippen LogP contribution in [-0.4, -0.2) is 57.8 Å². The number of unbranched alkanes of at least 4 members (excludes halogenated alkanes) is 42. The molecule has 0 radical (unpaired) electrons. The average molecular weight is 1340 g/mol. The summed E-state index contributed by atoms with van der Waals surface area (Å²) in [7, 11) is 0. The van der Waals surface area contributed by atoms with Crippen LogP contribution in [0.15, 0.2) is 60.7 Å². The Hall–Kier alpha value is -5.69. The van der Waals surface area contributed by atoms with E-state index >= 15 is 9.59 Å². The van der Waals surface area contributed by atoms with E-state index in [4.69, 9.17) is 33.2 Å². The molecule has 542 valence electrons. The highest BCUT2D eigenvalue weighted by atomic mass is 16.5. The van der Waals surface area contributed by atoms with E-state index in [2.05, 4.69) is 52.8 Å². The second-order valence-corrected chi connectivity index (χ2v) is 27.9. The molecule has 0 N–H and O–H groups in total. The number of ether oxygens (including phenoxy) is 7. The van der Waals surface area contributed by atoms with Crippen LogP contribution >= 0.6 is 0 Å². The van der Waals surface area contributed by atoms with Crippen molar-refractivity contribution in [2.24, 2.45) is 0 Å². The zero-order valence-corrected chi connectivity index (χ0v) is 62.3. The number of ketones is 2. The molecule has 0 atom stereocenters. The first-order chi connectivity index (χ1) is 47.9. The molecular formula is C87H135NO9. The van der Waals surface area contributed by atoms with Crippen molar-refractivity contribution in [1.82, 2.24) is 0 Å². The second kappa shape index (κ2) is 54.2. The van der Waals surface area contributed by atoms with Crippen molar-refractivity contribution in [2.45, 2.75) is 343 Å². The summed E-state index contributed by atoms with van der Waals surface area (Å²) >= 11 is 0. The Kier molecular flexibility index (Phi) is 45.8. The van der Waals surface area contributed by atoms with Gasteiger partial charge in [0.25, 0.3) is 0 Å². The molecular weight excluding hydrogens is 1200 g/mol. The lowest BCUT2D eigenvalue weighted by Gasteiger charge is -2.27. The van der Waals surface area contributed by atoms with Gasteiger partial charge in [-0.1, -0.05) is 322 Å². The van der Waals surface area contributed by atoms with Crippen molar-refractivity contribution in [3.63, 3.8) is 0 Å². The van der Waals surface area contributed by atoms with Crippen LogP contribution in [0.2, 0.25) is 0 Å². The highest BCUT2D eigenvalue weighted by molar-refractivity contribution is 6.31. The van der Waals surface area contributed by atoms with Gasteiger partial charge < -0.3 is 33.2 Å². The molecule has 0 spiro atoms. The van der Waals surface area contributed by atoms with Crippen molar-refractivity contribution in [3.8, 4) is 57.4 Å². The SMILES string of the molecule is CCCCCCCCCCOc1cc2c(c(OCCCCCCCCCC)c1OCCCCCCCCCC)C(=O)c1cc(OCCCCCCCCCC)c(OCCCCCCCCCC)c(OCCCCCCCCCCOc3ccc(-c4ccc(C#N)cc4)cc3)c1C2=O. The first-order valence-corrected chi connectivity index (χ1v) is 40.4. The van der Waals surface area contributed by atoms with Crippen LogP contribution in [0, 0.1) is 11.3 Å².